The summed E-state index contributed by atoms with van der Waals surface area (Å²) in [4.78, 5) is 11.4. The van der Waals surface area contributed by atoms with E-state index < -0.39 is 5.97 Å². The summed E-state index contributed by atoms with van der Waals surface area (Å²) >= 11 is 0. The Morgan fingerprint density at radius 3 is 2.73 bits per heavy atom. The molecule has 0 radical (unpaired) electrons. The third-order valence-electron chi connectivity index (χ3n) is 5.16. The smallest absolute Gasteiger partial charge is 0.339 e. The average Bonchev–Trinajstić information content (AvgIpc) is 3.10. The zero-order chi connectivity index (χ0) is 18.1. The highest BCUT2D eigenvalue weighted by Gasteiger charge is 2.25. The van der Waals surface area contributed by atoms with Crippen molar-refractivity contribution >= 4 is 16.9 Å². The topological polar surface area (TPSA) is 90.1 Å². The van der Waals surface area contributed by atoms with Gasteiger partial charge in [-0.15, -0.1) is 0 Å². The molecule has 1 saturated carbocycles. The van der Waals surface area contributed by atoms with Gasteiger partial charge in [-0.05, 0) is 43.9 Å². The predicted octanol–water partition coefficient (Wildman–Crippen LogP) is 3.43. The maximum absolute atomic E-state index is 11.4. The minimum Gasteiger partial charge on any atom is -0.496 e. The van der Waals surface area contributed by atoms with Gasteiger partial charge in [0.25, 0.3) is 0 Å². The highest BCUT2D eigenvalue weighted by molar-refractivity contribution is 5.96. The zero-order valence-corrected chi connectivity index (χ0v) is 14.5. The lowest BCUT2D eigenvalue weighted by molar-refractivity contribution is 0.0693. The third kappa shape index (κ3) is 3.00. The predicted molar refractivity (Wildman–Crippen MR) is 95.5 cm³/mol. The van der Waals surface area contributed by atoms with Crippen molar-refractivity contribution < 1.29 is 14.6 Å². The highest BCUT2D eigenvalue weighted by Crippen LogP contribution is 2.37. The van der Waals surface area contributed by atoms with Gasteiger partial charge in [-0.1, -0.05) is 0 Å². The van der Waals surface area contributed by atoms with Gasteiger partial charge < -0.3 is 9.84 Å². The SMILES string of the molecule is COc1cc2nn(C3CCC(c4cccnn4)CC3)cc2cc1C(=O)O. The van der Waals surface area contributed by atoms with Crippen LogP contribution in [0.25, 0.3) is 10.9 Å². The van der Waals surface area contributed by atoms with Crippen LogP contribution >= 0.6 is 0 Å². The van der Waals surface area contributed by atoms with Crippen LogP contribution in [0, 0.1) is 0 Å². The summed E-state index contributed by atoms with van der Waals surface area (Å²) in [6.07, 6.45) is 7.75. The number of carbonyl (C=O) groups is 1. The Kier molecular flexibility index (Phi) is 4.28. The second kappa shape index (κ2) is 6.74. The van der Waals surface area contributed by atoms with Crippen molar-refractivity contribution in [2.45, 2.75) is 37.6 Å². The molecule has 26 heavy (non-hydrogen) atoms. The zero-order valence-electron chi connectivity index (χ0n) is 14.5. The molecule has 1 aromatic carbocycles. The molecule has 0 bridgehead atoms. The number of nitrogens with zero attached hydrogens (tertiary/aromatic N) is 4. The quantitative estimate of drug-likeness (QED) is 0.773. The number of methoxy groups -OCH3 is 1. The molecule has 1 N–H and O–H groups in total. The van der Waals surface area contributed by atoms with Crippen LogP contribution in [0.15, 0.2) is 36.7 Å². The van der Waals surface area contributed by atoms with Crippen molar-refractivity contribution in [2.75, 3.05) is 7.11 Å². The van der Waals surface area contributed by atoms with Gasteiger partial charge in [-0.2, -0.15) is 15.3 Å². The van der Waals surface area contributed by atoms with Gasteiger partial charge in [0.05, 0.1) is 24.4 Å². The van der Waals surface area contributed by atoms with Crippen LogP contribution in [0.5, 0.6) is 5.75 Å². The Morgan fingerprint density at radius 2 is 2.08 bits per heavy atom. The van der Waals surface area contributed by atoms with E-state index in [9.17, 15) is 9.90 Å². The molecule has 7 heteroatoms. The monoisotopic (exact) mass is 352 g/mol. The Labute approximate surface area is 150 Å². The molecule has 1 fully saturated rings. The molecule has 4 rings (SSSR count). The van der Waals surface area contributed by atoms with Crippen molar-refractivity contribution in [1.82, 2.24) is 20.0 Å². The summed E-state index contributed by atoms with van der Waals surface area (Å²) in [7, 11) is 1.47. The van der Waals surface area contributed by atoms with E-state index in [1.807, 2.05) is 23.0 Å². The van der Waals surface area contributed by atoms with Crippen molar-refractivity contribution in [3.63, 3.8) is 0 Å². The molecular formula is C19H20N4O3. The summed E-state index contributed by atoms with van der Waals surface area (Å²) in [5, 5.41) is 23.0. The Bertz CT molecular complexity index is 931. The molecule has 0 atom stereocenters. The number of rotatable bonds is 4. The lowest BCUT2D eigenvalue weighted by Gasteiger charge is -2.28. The van der Waals surface area contributed by atoms with Gasteiger partial charge in [0, 0.05) is 29.8 Å². The van der Waals surface area contributed by atoms with Gasteiger partial charge in [0.2, 0.25) is 0 Å². The summed E-state index contributed by atoms with van der Waals surface area (Å²) in [5.41, 5.74) is 1.97. The first-order valence-electron chi connectivity index (χ1n) is 8.73. The number of hydrogen-bond donors (Lipinski definition) is 1. The molecular weight excluding hydrogens is 332 g/mol. The van der Waals surface area contributed by atoms with Crippen molar-refractivity contribution in [1.29, 1.82) is 0 Å². The van der Waals surface area contributed by atoms with Crippen LogP contribution in [-0.2, 0) is 0 Å². The van der Waals surface area contributed by atoms with Crippen LogP contribution < -0.4 is 4.74 Å². The molecule has 0 amide bonds. The number of aromatic nitrogens is 4. The molecule has 1 aliphatic carbocycles. The maximum atomic E-state index is 11.4. The van der Waals surface area contributed by atoms with Gasteiger partial charge in [-0.25, -0.2) is 4.79 Å². The fourth-order valence-electron chi connectivity index (χ4n) is 3.76. The summed E-state index contributed by atoms with van der Waals surface area (Å²) in [5.74, 6) is -0.216. The lowest BCUT2D eigenvalue weighted by atomic mass is 9.84. The van der Waals surface area contributed by atoms with Gasteiger partial charge >= 0.3 is 5.97 Å². The van der Waals surface area contributed by atoms with E-state index in [2.05, 4.69) is 15.3 Å². The molecule has 3 aromatic rings. The normalized spacial score (nSPS) is 20.2. The van der Waals surface area contributed by atoms with E-state index >= 15 is 0 Å². The van der Waals surface area contributed by atoms with Crippen LogP contribution in [0.4, 0.5) is 0 Å². The van der Waals surface area contributed by atoms with Crippen LogP contribution in [0.3, 0.4) is 0 Å². The van der Waals surface area contributed by atoms with Gasteiger partial charge in [0.15, 0.2) is 0 Å². The molecule has 1 aliphatic rings. The first-order valence-corrected chi connectivity index (χ1v) is 8.73. The Balaban J connectivity index is 1.55. The number of carboxylic acids is 1. The van der Waals surface area contributed by atoms with E-state index in [0.29, 0.717) is 17.7 Å². The fraction of sp³-hybridized carbons (Fsp3) is 0.368. The largest absolute Gasteiger partial charge is 0.496 e. The first kappa shape index (κ1) is 16.5. The Hall–Kier alpha value is -2.96. The number of ether oxygens (including phenoxy) is 1. The molecule has 0 aliphatic heterocycles. The number of benzene rings is 1. The molecule has 0 unspecified atom stereocenters. The Morgan fingerprint density at radius 1 is 1.27 bits per heavy atom. The lowest BCUT2D eigenvalue weighted by Crippen LogP contribution is -2.18. The minimum atomic E-state index is -0.999. The minimum absolute atomic E-state index is 0.158. The van der Waals surface area contributed by atoms with E-state index in [1.165, 1.54) is 7.11 Å². The fourth-order valence-corrected chi connectivity index (χ4v) is 3.76. The van der Waals surface area contributed by atoms with Crippen LogP contribution in [0.1, 0.15) is 53.7 Å². The van der Waals surface area contributed by atoms with E-state index in [1.54, 1.807) is 18.3 Å². The second-order valence-corrected chi connectivity index (χ2v) is 6.68. The number of fused-ring (bicyclic) bond motifs is 1. The number of carboxylic acid groups (broad SMARTS) is 1. The molecule has 0 saturated heterocycles. The van der Waals surface area contributed by atoms with Gasteiger partial charge in [0.1, 0.15) is 11.3 Å². The number of hydrogen-bond acceptors (Lipinski definition) is 5. The van der Waals surface area contributed by atoms with E-state index in [-0.39, 0.29) is 5.56 Å². The summed E-state index contributed by atoms with van der Waals surface area (Å²) in [6, 6.07) is 7.61. The van der Waals surface area contributed by atoms with Crippen LogP contribution in [0.2, 0.25) is 0 Å². The molecule has 134 valence electrons. The number of aromatic carboxylic acids is 1. The molecule has 2 aromatic heterocycles. The third-order valence-corrected chi connectivity index (χ3v) is 5.16. The van der Waals surface area contributed by atoms with Gasteiger partial charge in [-0.3, -0.25) is 4.68 Å². The standard InChI is InChI=1S/C19H20N4O3/c1-26-18-10-17-13(9-15(18)19(24)25)11-23(22-17)14-6-4-12(5-7-14)16-3-2-8-20-21-16/h2-3,8-12,14H,4-7H2,1H3,(H,24,25). The molecule has 2 heterocycles. The van der Waals surface area contributed by atoms with E-state index in [4.69, 9.17) is 4.74 Å². The van der Waals surface area contributed by atoms with Crippen LogP contribution in [-0.4, -0.2) is 38.2 Å². The van der Waals surface area contributed by atoms with E-state index in [0.717, 1.165) is 42.3 Å². The summed E-state index contributed by atoms with van der Waals surface area (Å²) < 4.78 is 7.16. The highest BCUT2D eigenvalue weighted by atomic mass is 16.5. The molecule has 7 nitrogen and oxygen atoms in total. The van der Waals surface area contributed by atoms with Crippen molar-refractivity contribution in [3.05, 3.63) is 47.9 Å². The molecule has 0 spiro atoms. The summed E-state index contributed by atoms with van der Waals surface area (Å²) in [6.45, 7) is 0. The first-order chi connectivity index (χ1) is 12.7. The maximum Gasteiger partial charge on any atom is 0.339 e. The second-order valence-electron chi connectivity index (χ2n) is 6.68. The van der Waals surface area contributed by atoms with Crippen molar-refractivity contribution in [2.24, 2.45) is 0 Å². The average molecular weight is 352 g/mol. The van der Waals surface area contributed by atoms with Crippen molar-refractivity contribution in [3.8, 4) is 5.75 Å².